The van der Waals surface area contributed by atoms with Crippen LogP contribution in [-0.4, -0.2) is 0 Å². The number of para-hydroxylation sites is 1. The summed E-state index contributed by atoms with van der Waals surface area (Å²) in [6.07, 6.45) is 0. The first-order chi connectivity index (χ1) is 25.1. The molecule has 1 aromatic heterocycles. The highest BCUT2D eigenvalue weighted by atomic mass is 32.1. The Kier molecular flexibility index (Phi) is 6.78. The Morgan fingerprint density at radius 3 is 1.90 bits per heavy atom. The molecule has 8 aromatic carbocycles. The molecule has 0 radical (unpaired) electrons. The van der Waals surface area contributed by atoms with E-state index < -0.39 is 0 Å². The summed E-state index contributed by atoms with van der Waals surface area (Å²) in [6.45, 7) is 4.70. The van der Waals surface area contributed by atoms with Crippen molar-refractivity contribution in [3.63, 3.8) is 0 Å². The minimum atomic E-state index is -0.0337. The van der Waals surface area contributed by atoms with E-state index in [0.29, 0.717) is 0 Å². The van der Waals surface area contributed by atoms with Crippen LogP contribution >= 0.6 is 11.3 Å². The van der Waals surface area contributed by atoms with Gasteiger partial charge in [0.1, 0.15) is 0 Å². The predicted molar refractivity (Wildman–Crippen MR) is 220 cm³/mol. The van der Waals surface area contributed by atoms with Crippen molar-refractivity contribution in [1.29, 1.82) is 0 Å². The fourth-order valence-corrected chi connectivity index (χ4v) is 9.68. The SMILES string of the molecule is CC1(C)c2ccccc2-c2c(-c3ccc(N(c4ccccc4-c4cccc5c4sc4ccccc45)c4cccc5ccccc45)cc3)cccc21. The molecule has 2 heteroatoms. The second-order valence-electron chi connectivity index (χ2n) is 14.1. The van der Waals surface area contributed by atoms with Crippen molar-refractivity contribution in [2.24, 2.45) is 0 Å². The maximum atomic E-state index is 2.46. The maximum absolute atomic E-state index is 2.46. The molecule has 1 aliphatic rings. The Morgan fingerprint density at radius 1 is 0.431 bits per heavy atom. The fourth-order valence-electron chi connectivity index (χ4n) is 8.45. The summed E-state index contributed by atoms with van der Waals surface area (Å²) in [6, 6.07) is 64.8. The van der Waals surface area contributed by atoms with Gasteiger partial charge in [-0.15, -0.1) is 11.3 Å². The molecule has 0 N–H and O–H groups in total. The maximum Gasteiger partial charge on any atom is 0.0540 e. The van der Waals surface area contributed by atoms with E-state index in [0.717, 1.165) is 17.1 Å². The van der Waals surface area contributed by atoms with Crippen LogP contribution in [0.3, 0.4) is 0 Å². The summed E-state index contributed by atoms with van der Waals surface area (Å²) < 4.78 is 2.64. The van der Waals surface area contributed by atoms with E-state index in [2.05, 4.69) is 195 Å². The standard InChI is InChI=1S/C49H35NS/c1-49(2)42-23-8-5-19-41(42)47-36(20-13-24-43(47)49)33-28-30-34(31-29-33)50(44-26-11-15-32-14-3-4-16-35(32)44)45-25-9-6-17-37(45)39-21-12-22-40-38-18-7-10-27-46(38)51-48(39)40/h3-31H,1-2H3. The van der Waals surface area contributed by atoms with Gasteiger partial charge < -0.3 is 4.90 Å². The zero-order valence-electron chi connectivity index (χ0n) is 28.6. The second-order valence-corrected chi connectivity index (χ2v) is 15.1. The van der Waals surface area contributed by atoms with E-state index >= 15 is 0 Å². The Balaban J connectivity index is 1.17. The summed E-state index contributed by atoms with van der Waals surface area (Å²) >= 11 is 1.88. The van der Waals surface area contributed by atoms with Crippen molar-refractivity contribution in [3.8, 4) is 33.4 Å². The van der Waals surface area contributed by atoms with Crippen molar-refractivity contribution < 1.29 is 0 Å². The van der Waals surface area contributed by atoms with Gasteiger partial charge in [0.2, 0.25) is 0 Å². The summed E-state index contributed by atoms with van der Waals surface area (Å²) in [7, 11) is 0. The van der Waals surface area contributed by atoms with E-state index in [1.54, 1.807) is 0 Å². The zero-order valence-corrected chi connectivity index (χ0v) is 29.4. The van der Waals surface area contributed by atoms with Crippen LogP contribution in [0.15, 0.2) is 176 Å². The number of hydrogen-bond donors (Lipinski definition) is 0. The number of anilines is 3. The van der Waals surface area contributed by atoms with Crippen LogP contribution in [0.4, 0.5) is 17.1 Å². The van der Waals surface area contributed by atoms with Gasteiger partial charge in [0, 0.05) is 47.8 Å². The largest absolute Gasteiger partial charge is 0.309 e. The van der Waals surface area contributed by atoms with E-state index in [1.807, 2.05) is 11.3 Å². The highest BCUT2D eigenvalue weighted by Gasteiger charge is 2.36. The lowest BCUT2D eigenvalue weighted by Gasteiger charge is -2.29. The van der Waals surface area contributed by atoms with Crippen LogP contribution in [0.25, 0.3) is 64.3 Å². The minimum absolute atomic E-state index is 0.0337. The van der Waals surface area contributed by atoms with Gasteiger partial charge in [-0.3, -0.25) is 0 Å². The van der Waals surface area contributed by atoms with Crippen LogP contribution in [0.1, 0.15) is 25.0 Å². The molecule has 1 aliphatic carbocycles. The van der Waals surface area contributed by atoms with Gasteiger partial charge in [0.05, 0.1) is 11.4 Å². The highest BCUT2D eigenvalue weighted by molar-refractivity contribution is 7.26. The first-order valence-electron chi connectivity index (χ1n) is 17.7. The third-order valence-electron chi connectivity index (χ3n) is 10.9. The average molecular weight is 670 g/mol. The Morgan fingerprint density at radius 2 is 1.02 bits per heavy atom. The first-order valence-corrected chi connectivity index (χ1v) is 18.5. The van der Waals surface area contributed by atoms with Crippen molar-refractivity contribution in [2.75, 3.05) is 4.90 Å². The molecular weight excluding hydrogens is 635 g/mol. The van der Waals surface area contributed by atoms with E-state index in [4.69, 9.17) is 0 Å². The highest BCUT2D eigenvalue weighted by Crippen LogP contribution is 2.52. The van der Waals surface area contributed by atoms with Gasteiger partial charge in [0.25, 0.3) is 0 Å². The Labute approximate surface area is 302 Å². The third-order valence-corrected chi connectivity index (χ3v) is 12.1. The van der Waals surface area contributed by atoms with Crippen LogP contribution in [0.5, 0.6) is 0 Å². The topological polar surface area (TPSA) is 3.24 Å². The monoisotopic (exact) mass is 669 g/mol. The number of nitrogens with zero attached hydrogens (tertiary/aromatic N) is 1. The van der Waals surface area contributed by atoms with Crippen molar-refractivity contribution in [3.05, 3.63) is 187 Å². The predicted octanol–water partition coefficient (Wildman–Crippen LogP) is 14.3. The van der Waals surface area contributed by atoms with Gasteiger partial charge in [-0.2, -0.15) is 0 Å². The summed E-state index contributed by atoms with van der Waals surface area (Å²) in [5, 5.41) is 5.07. The van der Waals surface area contributed by atoms with Crippen LogP contribution in [0, 0.1) is 0 Å². The van der Waals surface area contributed by atoms with Crippen LogP contribution in [-0.2, 0) is 5.41 Å². The molecule has 0 aliphatic heterocycles. The lowest BCUT2D eigenvalue weighted by Crippen LogP contribution is -2.14. The summed E-state index contributed by atoms with van der Waals surface area (Å²) in [5.74, 6) is 0. The van der Waals surface area contributed by atoms with Crippen molar-refractivity contribution in [1.82, 2.24) is 0 Å². The van der Waals surface area contributed by atoms with Crippen LogP contribution < -0.4 is 4.90 Å². The van der Waals surface area contributed by atoms with Crippen molar-refractivity contribution >= 4 is 59.3 Å². The van der Waals surface area contributed by atoms with Crippen molar-refractivity contribution in [2.45, 2.75) is 19.3 Å². The minimum Gasteiger partial charge on any atom is -0.309 e. The molecule has 1 heterocycles. The molecule has 10 rings (SSSR count). The van der Waals surface area contributed by atoms with E-state index in [9.17, 15) is 0 Å². The van der Waals surface area contributed by atoms with E-state index in [-0.39, 0.29) is 5.41 Å². The molecule has 0 spiro atoms. The second kappa shape index (κ2) is 11.6. The van der Waals surface area contributed by atoms with Gasteiger partial charge in [0.15, 0.2) is 0 Å². The Bertz CT molecular complexity index is 2780. The van der Waals surface area contributed by atoms with Gasteiger partial charge in [-0.05, 0) is 69.1 Å². The lowest BCUT2D eigenvalue weighted by atomic mass is 9.82. The molecule has 51 heavy (non-hydrogen) atoms. The lowest BCUT2D eigenvalue weighted by molar-refractivity contribution is 0.660. The van der Waals surface area contributed by atoms with Gasteiger partial charge in [-0.25, -0.2) is 0 Å². The smallest absolute Gasteiger partial charge is 0.0540 e. The average Bonchev–Trinajstić information content (AvgIpc) is 3.68. The molecule has 0 bridgehead atoms. The normalized spacial score (nSPS) is 13.1. The molecule has 0 unspecified atom stereocenters. The van der Waals surface area contributed by atoms with Gasteiger partial charge in [-0.1, -0.05) is 159 Å². The van der Waals surface area contributed by atoms with E-state index in [1.165, 1.54) is 75.5 Å². The molecule has 0 fully saturated rings. The number of hydrogen-bond acceptors (Lipinski definition) is 2. The Hall–Kier alpha value is -5.96. The van der Waals surface area contributed by atoms with Crippen LogP contribution in [0.2, 0.25) is 0 Å². The number of benzene rings is 8. The quantitative estimate of drug-likeness (QED) is 0.176. The number of fused-ring (bicyclic) bond motifs is 7. The third kappa shape index (κ3) is 4.60. The fraction of sp³-hybridized carbons (Fsp3) is 0.0612. The first kappa shape index (κ1) is 29.9. The molecular formula is C49H35NS. The number of thiophene rings is 1. The molecule has 242 valence electrons. The number of rotatable bonds is 5. The zero-order chi connectivity index (χ0) is 34.1. The molecule has 1 nitrogen and oxygen atoms in total. The summed E-state index contributed by atoms with van der Waals surface area (Å²) in [5.41, 5.74) is 13.9. The molecule has 0 amide bonds. The molecule has 0 saturated carbocycles. The molecule has 9 aromatic rings. The summed E-state index contributed by atoms with van der Waals surface area (Å²) in [4.78, 5) is 2.46. The molecule has 0 atom stereocenters. The van der Waals surface area contributed by atoms with Gasteiger partial charge >= 0.3 is 0 Å². The molecule has 0 saturated heterocycles.